The smallest absolute Gasteiger partial charge is 0.169 e. The van der Waals surface area contributed by atoms with Gasteiger partial charge in [0.1, 0.15) is 0 Å². The van der Waals surface area contributed by atoms with Gasteiger partial charge in [-0.1, -0.05) is 18.2 Å². The van der Waals surface area contributed by atoms with Gasteiger partial charge in [0.2, 0.25) is 0 Å². The SMILES string of the molecule is CCOc1ccc(CCNC(=S)N(C[C@H]2CC=CCC2)C[C@@H]2CCCO2)cc1OCC. The number of ether oxygens (including phenoxy) is 3. The molecule has 0 bridgehead atoms. The van der Waals surface area contributed by atoms with Crippen LogP contribution in [-0.4, -0.2) is 55.6 Å². The third kappa shape index (κ3) is 7.69. The van der Waals surface area contributed by atoms with Crippen LogP contribution in [0.25, 0.3) is 0 Å². The van der Waals surface area contributed by atoms with Crippen LogP contribution in [0.2, 0.25) is 0 Å². The molecular weight excluding hydrogens is 408 g/mol. The lowest BCUT2D eigenvalue weighted by Crippen LogP contribution is -2.46. The van der Waals surface area contributed by atoms with Crippen molar-refractivity contribution in [1.82, 2.24) is 10.2 Å². The first-order valence-electron chi connectivity index (χ1n) is 11.9. The minimum absolute atomic E-state index is 0.304. The molecule has 1 heterocycles. The molecule has 0 amide bonds. The van der Waals surface area contributed by atoms with Crippen LogP contribution in [0.5, 0.6) is 11.5 Å². The van der Waals surface area contributed by atoms with E-state index in [1.165, 1.54) is 18.4 Å². The fourth-order valence-corrected chi connectivity index (χ4v) is 4.54. The van der Waals surface area contributed by atoms with E-state index >= 15 is 0 Å². The summed E-state index contributed by atoms with van der Waals surface area (Å²) in [6.45, 7) is 8.81. The van der Waals surface area contributed by atoms with Gasteiger partial charge in [-0.05, 0) is 88.2 Å². The van der Waals surface area contributed by atoms with E-state index in [2.05, 4.69) is 34.5 Å². The summed E-state index contributed by atoms with van der Waals surface area (Å²) >= 11 is 5.81. The Morgan fingerprint density at radius 3 is 2.68 bits per heavy atom. The standard InChI is InChI=1S/C25H38N2O3S/c1-3-28-23-13-12-20(17-24(23)29-4-2)14-15-26-25(31)27(19-22-11-8-16-30-22)18-21-9-6-5-7-10-21/h5-6,12-13,17,21-22H,3-4,7-11,14-16,18-19H2,1-2H3,(H,26,31)/t21-,22-/m0/s1. The number of hydrogen-bond donors (Lipinski definition) is 1. The molecule has 1 aliphatic heterocycles. The molecule has 5 nitrogen and oxygen atoms in total. The molecule has 0 aromatic heterocycles. The Balaban J connectivity index is 1.54. The molecule has 1 fully saturated rings. The summed E-state index contributed by atoms with van der Waals surface area (Å²) in [6, 6.07) is 6.19. The van der Waals surface area contributed by atoms with Crippen LogP contribution < -0.4 is 14.8 Å². The highest BCUT2D eigenvalue weighted by Gasteiger charge is 2.23. The second-order valence-corrected chi connectivity index (χ2v) is 8.71. The highest BCUT2D eigenvalue weighted by atomic mass is 32.1. The lowest BCUT2D eigenvalue weighted by Gasteiger charge is -2.32. The average Bonchev–Trinajstić information content (AvgIpc) is 3.29. The molecule has 2 aliphatic rings. The summed E-state index contributed by atoms with van der Waals surface area (Å²) in [4.78, 5) is 2.35. The molecule has 2 atom stereocenters. The third-order valence-electron chi connectivity index (χ3n) is 5.89. The molecule has 1 aromatic rings. The normalized spacial score (nSPS) is 20.5. The van der Waals surface area contributed by atoms with Crippen molar-refractivity contribution in [1.29, 1.82) is 0 Å². The van der Waals surface area contributed by atoms with Crippen LogP contribution >= 0.6 is 12.2 Å². The fourth-order valence-electron chi connectivity index (χ4n) is 4.28. The Morgan fingerprint density at radius 2 is 1.97 bits per heavy atom. The van der Waals surface area contributed by atoms with E-state index < -0.39 is 0 Å². The van der Waals surface area contributed by atoms with Gasteiger partial charge in [0.25, 0.3) is 0 Å². The second kappa shape index (κ2) is 12.9. The number of benzene rings is 1. The maximum absolute atomic E-state index is 5.89. The van der Waals surface area contributed by atoms with Gasteiger partial charge in [0.15, 0.2) is 16.6 Å². The van der Waals surface area contributed by atoms with Gasteiger partial charge in [-0.15, -0.1) is 0 Å². The summed E-state index contributed by atoms with van der Waals surface area (Å²) in [5.74, 6) is 2.29. The Morgan fingerprint density at radius 1 is 1.13 bits per heavy atom. The molecule has 0 saturated carbocycles. The third-order valence-corrected chi connectivity index (χ3v) is 6.29. The molecule has 0 spiro atoms. The van der Waals surface area contributed by atoms with Crippen LogP contribution in [0.15, 0.2) is 30.4 Å². The van der Waals surface area contributed by atoms with Crippen LogP contribution in [0.1, 0.15) is 51.5 Å². The molecule has 1 saturated heterocycles. The largest absolute Gasteiger partial charge is 0.490 e. The summed E-state index contributed by atoms with van der Waals surface area (Å²) in [5.41, 5.74) is 1.21. The maximum atomic E-state index is 5.89. The molecule has 3 rings (SSSR count). The molecule has 31 heavy (non-hydrogen) atoms. The lowest BCUT2D eigenvalue weighted by molar-refractivity contribution is 0.0874. The summed E-state index contributed by atoms with van der Waals surface area (Å²) < 4.78 is 17.3. The predicted octanol–water partition coefficient (Wildman–Crippen LogP) is 4.74. The maximum Gasteiger partial charge on any atom is 0.169 e. The van der Waals surface area contributed by atoms with Crippen molar-refractivity contribution in [3.8, 4) is 11.5 Å². The number of thiocarbonyl (C=S) groups is 1. The lowest BCUT2D eigenvalue weighted by atomic mass is 9.94. The van der Waals surface area contributed by atoms with E-state index in [4.69, 9.17) is 26.4 Å². The Labute approximate surface area is 193 Å². The molecule has 0 unspecified atom stereocenters. The number of nitrogens with one attached hydrogen (secondary N) is 1. The van der Waals surface area contributed by atoms with Gasteiger partial charge >= 0.3 is 0 Å². The zero-order chi connectivity index (χ0) is 21.9. The van der Waals surface area contributed by atoms with E-state index in [-0.39, 0.29) is 0 Å². The average molecular weight is 447 g/mol. The molecule has 0 radical (unpaired) electrons. The Bertz CT molecular complexity index is 719. The number of allylic oxidation sites excluding steroid dienone is 2. The second-order valence-electron chi connectivity index (χ2n) is 8.32. The summed E-state index contributed by atoms with van der Waals surface area (Å²) in [5, 5.41) is 4.35. The molecule has 1 N–H and O–H groups in total. The topological polar surface area (TPSA) is 43.0 Å². The minimum Gasteiger partial charge on any atom is -0.490 e. The molecule has 172 valence electrons. The molecule has 6 heteroatoms. The minimum atomic E-state index is 0.304. The van der Waals surface area contributed by atoms with E-state index in [0.717, 1.165) is 68.5 Å². The first-order valence-corrected chi connectivity index (χ1v) is 12.3. The van der Waals surface area contributed by atoms with Gasteiger partial charge in [0.05, 0.1) is 19.3 Å². The highest BCUT2D eigenvalue weighted by molar-refractivity contribution is 7.80. The summed E-state index contributed by atoms with van der Waals surface area (Å²) in [6.07, 6.45) is 11.7. The van der Waals surface area contributed by atoms with Gasteiger partial charge in [-0.2, -0.15) is 0 Å². The Kier molecular flexibility index (Phi) is 9.94. The van der Waals surface area contributed by atoms with Gasteiger partial charge in [0, 0.05) is 26.2 Å². The highest BCUT2D eigenvalue weighted by Crippen LogP contribution is 2.28. The first-order chi connectivity index (χ1) is 15.2. The van der Waals surface area contributed by atoms with Crippen LogP contribution in [0, 0.1) is 5.92 Å². The van der Waals surface area contributed by atoms with Gasteiger partial charge < -0.3 is 24.4 Å². The van der Waals surface area contributed by atoms with E-state index in [0.29, 0.717) is 25.2 Å². The van der Waals surface area contributed by atoms with Crippen molar-refractivity contribution in [2.24, 2.45) is 5.92 Å². The molecular formula is C25H38N2O3S. The van der Waals surface area contributed by atoms with Crippen LogP contribution in [0.3, 0.4) is 0 Å². The number of nitrogens with zero attached hydrogens (tertiary/aromatic N) is 1. The fraction of sp³-hybridized carbons (Fsp3) is 0.640. The van der Waals surface area contributed by atoms with Gasteiger partial charge in [-0.3, -0.25) is 0 Å². The van der Waals surface area contributed by atoms with Crippen molar-refractivity contribution < 1.29 is 14.2 Å². The van der Waals surface area contributed by atoms with E-state index in [9.17, 15) is 0 Å². The zero-order valence-corrected chi connectivity index (χ0v) is 19.9. The first kappa shape index (κ1) is 23.9. The van der Waals surface area contributed by atoms with Crippen molar-refractivity contribution in [2.45, 2.75) is 58.5 Å². The van der Waals surface area contributed by atoms with Crippen molar-refractivity contribution in [3.05, 3.63) is 35.9 Å². The quantitative estimate of drug-likeness (QED) is 0.391. The van der Waals surface area contributed by atoms with E-state index in [1.807, 2.05) is 19.9 Å². The summed E-state index contributed by atoms with van der Waals surface area (Å²) in [7, 11) is 0. The van der Waals surface area contributed by atoms with Crippen LogP contribution in [0.4, 0.5) is 0 Å². The van der Waals surface area contributed by atoms with Crippen molar-refractivity contribution in [3.63, 3.8) is 0 Å². The van der Waals surface area contributed by atoms with Crippen molar-refractivity contribution >= 4 is 17.3 Å². The predicted molar refractivity (Wildman–Crippen MR) is 130 cm³/mol. The van der Waals surface area contributed by atoms with Crippen LogP contribution in [-0.2, 0) is 11.2 Å². The van der Waals surface area contributed by atoms with Crippen molar-refractivity contribution in [2.75, 3.05) is 39.5 Å². The van der Waals surface area contributed by atoms with E-state index in [1.54, 1.807) is 0 Å². The number of hydrogen-bond acceptors (Lipinski definition) is 4. The zero-order valence-electron chi connectivity index (χ0n) is 19.1. The van der Waals surface area contributed by atoms with Gasteiger partial charge in [-0.25, -0.2) is 0 Å². The molecule has 1 aliphatic carbocycles. The molecule has 1 aromatic carbocycles. The number of rotatable bonds is 11. The monoisotopic (exact) mass is 446 g/mol. The Hall–Kier alpha value is -1.79.